The van der Waals surface area contributed by atoms with Gasteiger partial charge >= 0.3 is 5.97 Å². The van der Waals surface area contributed by atoms with Crippen LogP contribution in [-0.2, 0) is 38.4 Å². The lowest BCUT2D eigenvalue weighted by molar-refractivity contribution is -0.141. The lowest BCUT2D eigenvalue weighted by atomic mass is 10.0. The van der Waals surface area contributed by atoms with Crippen LogP contribution in [0.15, 0.2) is 73.3 Å². The van der Waals surface area contributed by atoms with Crippen LogP contribution >= 0.6 is 12.6 Å². The molecule has 4 unspecified atom stereocenters. The number of aliphatic carboxylic acids is 1. The molecule has 0 aliphatic carbocycles. The fourth-order valence-electron chi connectivity index (χ4n) is 4.52. The SMILES string of the molecule is NC(Cc1ccccc1)C(=O)NC(Cc1c[nH]c2ccccc12)C(=O)NC(Cc1cnc[nH]1)C(=O)NC(CS)C(=O)O. The van der Waals surface area contributed by atoms with Gasteiger partial charge in [0.1, 0.15) is 18.1 Å². The van der Waals surface area contributed by atoms with Crippen molar-refractivity contribution >= 4 is 47.2 Å². The zero-order valence-corrected chi connectivity index (χ0v) is 23.5. The van der Waals surface area contributed by atoms with Crippen LogP contribution in [-0.4, -0.2) is 73.7 Å². The highest BCUT2D eigenvalue weighted by Crippen LogP contribution is 2.19. The quantitative estimate of drug-likeness (QED) is 0.0989. The molecule has 0 spiro atoms. The van der Waals surface area contributed by atoms with E-state index >= 15 is 0 Å². The number of nitrogens with two attached hydrogens (primary N) is 1. The van der Waals surface area contributed by atoms with Crippen LogP contribution in [0.4, 0.5) is 0 Å². The molecule has 0 saturated heterocycles. The summed E-state index contributed by atoms with van der Waals surface area (Å²) in [7, 11) is 0. The maximum Gasteiger partial charge on any atom is 0.327 e. The minimum Gasteiger partial charge on any atom is -0.480 e. The highest BCUT2D eigenvalue weighted by molar-refractivity contribution is 7.80. The summed E-state index contributed by atoms with van der Waals surface area (Å²) in [4.78, 5) is 61.6. The van der Waals surface area contributed by atoms with Crippen molar-refractivity contribution in [3.8, 4) is 0 Å². The highest BCUT2D eigenvalue weighted by Gasteiger charge is 2.31. The molecule has 0 saturated carbocycles. The van der Waals surface area contributed by atoms with Crippen LogP contribution in [0.2, 0.25) is 0 Å². The molecule has 0 radical (unpaired) electrons. The molecule has 0 fully saturated rings. The number of para-hydroxylation sites is 1. The molecule has 3 amide bonds. The Balaban J connectivity index is 1.57. The minimum absolute atomic E-state index is 0.00223. The third-order valence-corrected chi connectivity index (χ3v) is 7.14. The maximum atomic E-state index is 13.7. The molecule has 2 heterocycles. The number of carbonyl (C=O) groups is 4. The first-order valence-corrected chi connectivity index (χ1v) is 13.9. The summed E-state index contributed by atoms with van der Waals surface area (Å²) < 4.78 is 0. The lowest BCUT2D eigenvalue weighted by Crippen LogP contribution is -2.58. The first-order chi connectivity index (χ1) is 20.2. The number of carboxylic acid groups (broad SMARTS) is 1. The zero-order chi connectivity index (χ0) is 30.1. The number of hydrogen-bond donors (Lipinski definition) is 8. The Morgan fingerprint density at radius 3 is 2.14 bits per heavy atom. The Kier molecular flexibility index (Phi) is 10.3. The Morgan fingerprint density at radius 2 is 1.48 bits per heavy atom. The predicted molar refractivity (Wildman–Crippen MR) is 160 cm³/mol. The Morgan fingerprint density at radius 1 is 0.833 bits per heavy atom. The number of benzene rings is 2. The zero-order valence-electron chi connectivity index (χ0n) is 22.6. The molecular formula is C29H33N7O5S. The minimum atomic E-state index is -1.26. The number of amides is 3. The van der Waals surface area contributed by atoms with Gasteiger partial charge < -0.3 is 36.8 Å². The summed E-state index contributed by atoms with van der Waals surface area (Å²) in [6, 6.07) is 12.3. The number of aromatic nitrogens is 3. The van der Waals surface area contributed by atoms with E-state index in [4.69, 9.17) is 5.73 Å². The molecule has 0 aliphatic rings. The third kappa shape index (κ3) is 7.98. The number of thiol groups is 1. The third-order valence-electron chi connectivity index (χ3n) is 6.78. The number of hydrogen-bond acceptors (Lipinski definition) is 7. The van der Waals surface area contributed by atoms with E-state index in [2.05, 4.69) is 43.5 Å². The van der Waals surface area contributed by atoms with Gasteiger partial charge in [-0.05, 0) is 23.6 Å². The van der Waals surface area contributed by atoms with Gasteiger partial charge in [0.2, 0.25) is 17.7 Å². The van der Waals surface area contributed by atoms with E-state index in [0.717, 1.165) is 22.0 Å². The maximum absolute atomic E-state index is 13.7. The van der Waals surface area contributed by atoms with E-state index in [9.17, 15) is 24.3 Å². The Hall–Kier alpha value is -4.62. The van der Waals surface area contributed by atoms with Gasteiger partial charge in [-0.1, -0.05) is 48.5 Å². The normalized spacial score (nSPS) is 14.0. The first kappa shape index (κ1) is 30.3. The van der Waals surface area contributed by atoms with Gasteiger partial charge in [0.15, 0.2) is 0 Å². The number of imidazole rings is 1. The summed E-state index contributed by atoms with van der Waals surface area (Å²) >= 11 is 4.00. The Bertz CT molecular complexity index is 1510. The van der Waals surface area contributed by atoms with Crippen molar-refractivity contribution in [1.82, 2.24) is 30.9 Å². The van der Waals surface area contributed by atoms with Crippen LogP contribution in [0.3, 0.4) is 0 Å². The predicted octanol–water partition coefficient (Wildman–Crippen LogP) is 0.715. The number of nitrogens with zero attached hydrogens (tertiary/aromatic N) is 1. The van der Waals surface area contributed by atoms with Crippen molar-refractivity contribution in [2.24, 2.45) is 5.73 Å². The summed E-state index contributed by atoms with van der Waals surface area (Å²) in [5.41, 5.74) is 9.26. The van der Waals surface area contributed by atoms with Gasteiger partial charge in [0, 0.05) is 47.6 Å². The number of nitrogens with one attached hydrogen (secondary N) is 5. The monoisotopic (exact) mass is 591 g/mol. The van der Waals surface area contributed by atoms with Crippen LogP contribution in [0.1, 0.15) is 16.8 Å². The molecule has 12 nitrogen and oxygen atoms in total. The molecule has 4 aromatic rings. The van der Waals surface area contributed by atoms with Gasteiger partial charge in [0.05, 0.1) is 12.4 Å². The van der Waals surface area contributed by atoms with Gasteiger partial charge in [0.25, 0.3) is 0 Å². The molecular weight excluding hydrogens is 558 g/mol. The smallest absolute Gasteiger partial charge is 0.327 e. The molecule has 4 rings (SSSR count). The van der Waals surface area contributed by atoms with Crippen LogP contribution in [0, 0.1) is 0 Å². The summed E-state index contributed by atoms with van der Waals surface area (Å²) in [5, 5.41) is 18.1. The van der Waals surface area contributed by atoms with Crippen LogP contribution in [0.25, 0.3) is 10.9 Å². The van der Waals surface area contributed by atoms with Crippen molar-refractivity contribution in [3.05, 3.63) is 90.1 Å². The topological polar surface area (TPSA) is 195 Å². The second kappa shape index (κ2) is 14.3. The van der Waals surface area contributed by atoms with Crippen LogP contribution < -0.4 is 21.7 Å². The van der Waals surface area contributed by atoms with Gasteiger partial charge in [-0.3, -0.25) is 14.4 Å². The number of carbonyl (C=O) groups excluding carboxylic acids is 3. The molecule has 0 aliphatic heterocycles. The lowest BCUT2D eigenvalue weighted by Gasteiger charge is -2.25. The van der Waals surface area contributed by atoms with E-state index in [1.54, 1.807) is 6.20 Å². The molecule has 8 N–H and O–H groups in total. The fraction of sp³-hybridized carbons (Fsp3) is 0.276. The molecule has 42 heavy (non-hydrogen) atoms. The summed E-state index contributed by atoms with van der Waals surface area (Å²) in [6.07, 6.45) is 5.05. The number of carboxylic acids is 1. The molecule has 4 atom stereocenters. The second-order valence-corrected chi connectivity index (χ2v) is 10.2. The number of aromatic amines is 2. The first-order valence-electron chi connectivity index (χ1n) is 13.3. The van der Waals surface area contributed by atoms with Gasteiger partial charge in [-0.2, -0.15) is 12.6 Å². The van der Waals surface area contributed by atoms with Crippen molar-refractivity contribution in [1.29, 1.82) is 0 Å². The molecule has 2 aromatic heterocycles. The number of rotatable bonds is 14. The van der Waals surface area contributed by atoms with E-state index in [1.807, 2.05) is 54.6 Å². The molecule has 220 valence electrons. The van der Waals surface area contributed by atoms with Crippen LogP contribution in [0.5, 0.6) is 0 Å². The number of fused-ring (bicyclic) bond motifs is 1. The second-order valence-electron chi connectivity index (χ2n) is 9.85. The summed E-state index contributed by atoms with van der Waals surface area (Å²) in [6.45, 7) is 0. The van der Waals surface area contributed by atoms with E-state index in [1.165, 1.54) is 12.5 Å². The molecule has 13 heteroatoms. The van der Waals surface area contributed by atoms with Crippen molar-refractivity contribution < 1.29 is 24.3 Å². The standard InChI is InChI=1S/C29H33N7O5S/c30-21(10-17-6-2-1-3-7-17)26(37)34-23(11-18-13-32-22-9-5-4-8-20(18)22)27(38)35-24(12-19-14-31-16-33-19)28(39)36-25(15-42)29(40)41/h1-9,13-14,16,21,23-25,32,42H,10-12,15,30H2,(H,31,33)(H,34,37)(H,35,38)(H,36,39)(H,40,41). The largest absolute Gasteiger partial charge is 0.480 e. The van der Waals surface area contributed by atoms with Crippen molar-refractivity contribution in [2.75, 3.05) is 5.75 Å². The average Bonchev–Trinajstić information content (AvgIpc) is 3.65. The molecule has 2 aromatic carbocycles. The summed E-state index contributed by atoms with van der Waals surface area (Å²) in [5.74, 6) is -3.31. The van der Waals surface area contributed by atoms with Crippen molar-refractivity contribution in [2.45, 2.75) is 43.4 Å². The molecule has 0 bridgehead atoms. The Labute approximate surface area is 247 Å². The van der Waals surface area contributed by atoms with E-state index in [-0.39, 0.29) is 25.0 Å². The van der Waals surface area contributed by atoms with Gasteiger partial charge in [-0.15, -0.1) is 0 Å². The van der Waals surface area contributed by atoms with E-state index in [0.29, 0.717) is 5.69 Å². The average molecular weight is 592 g/mol. The van der Waals surface area contributed by atoms with Crippen molar-refractivity contribution in [3.63, 3.8) is 0 Å². The van der Waals surface area contributed by atoms with E-state index < -0.39 is 47.9 Å². The van der Waals surface area contributed by atoms with Gasteiger partial charge in [-0.25, -0.2) is 9.78 Å². The fourth-order valence-corrected chi connectivity index (χ4v) is 4.77. The number of H-pyrrole nitrogens is 2. The highest BCUT2D eigenvalue weighted by atomic mass is 32.1.